The molecule has 2 aromatic heterocycles. The quantitative estimate of drug-likeness (QED) is 0.772. The summed E-state index contributed by atoms with van der Waals surface area (Å²) in [7, 11) is 1.47. The number of hydrogen-bond donors (Lipinski definition) is 1. The first-order chi connectivity index (χ1) is 11.2. The lowest BCUT2D eigenvalue weighted by Crippen LogP contribution is -2.13. The van der Waals surface area contributed by atoms with E-state index in [1.165, 1.54) is 18.4 Å². The Bertz CT molecular complexity index is 851. The highest BCUT2D eigenvalue weighted by molar-refractivity contribution is 7.14. The van der Waals surface area contributed by atoms with Gasteiger partial charge in [0.25, 0.3) is 5.91 Å². The van der Waals surface area contributed by atoms with Crippen LogP contribution in [0, 0.1) is 0 Å². The fourth-order valence-electron chi connectivity index (χ4n) is 2.01. The second-order valence-electron chi connectivity index (χ2n) is 4.53. The van der Waals surface area contributed by atoms with E-state index in [4.69, 9.17) is 16.3 Å². The van der Waals surface area contributed by atoms with E-state index in [0.29, 0.717) is 21.4 Å². The number of aromatic nitrogens is 2. The smallest absolute Gasteiger partial charge is 0.262 e. The van der Waals surface area contributed by atoms with Gasteiger partial charge in [-0.05, 0) is 18.2 Å². The minimum atomic E-state index is -0.324. The van der Waals surface area contributed by atoms with Gasteiger partial charge in [-0.15, -0.1) is 11.3 Å². The number of methoxy groups -OCH3 is 1. The molecule has 0 bridgehead atoms. The molecule has 0 radical (unpaired) electrons. The summed E-state index contributed by atoms with van der Waals surface area (Å²) < 4.78 is 5.09. The van der Waals surface area contributed by atoms with Crippen molar-refractivity contribution < 1.29 is 9.53 Å². The van der Waals surface area contributed by atoms with Crippen molar-refractivity contribution in [2.75, 3.05) is 12.4 Å². The SMILES string of the molecule is COc1ncccc1C(=O)Nc1nc(-c2ccccc2Cl)cs1. The highest BCUT2D eigenvalue weighted by Gasteiger charge is 2.15. The monoisotopic (exact) mass is 345 g/mol. The zero-order valence-electron chi connectivity index (χ0n) is 12.1. The van der Waals surface area contributed by atoms with E-state index >= 15 is 0 Å². The molecule has 116 valence electrons. The minimum absolute atomic E-state index is 0.271. The second-order valence-corrected chi connectivity index (χ2v) is 5.80. The van der Waals surface area contributed by atoms with Crippen LogP contribution >= 0.6 is 22.9 Å². The van der Waals surface area contributed by atoms with Crippen molar-refractivity contribution in [3.63, 3.8) is 0 Å². The molecule has 0 unspecified atom stereocenters. The average molecular weight is 346 g/mol. The molecule has 23 heavy (non-hydrogen) atoms. The number of benzene rings is 1. The Morgan fingerprint density at radius 2 is 2.09 bits per heavy atom. The fraction of sp³-hybridized carbons (Fsp3) is 0.0625. The molecular formula is C16H12ClN3O2S. The second kappa shape index (κ2) is 6.76. The topological polar surface area (TPSA) is 64.1 Å². The Morgan fingerprint density at radius 1 is 1.26 bits per heavy atom. The molecule has 0 saturated heterocycles. The van der Waals surface area contributed by atoms with Gasteiger partial charge in [0.15, 0.2) is 5.13 Å². The number of carbonyl (C=O) groups excluding carboxylic acids is 1. The molecule has 1 N–H and O–H groups in total. The standard InChI is InChI=1S/C16H12ClN3O2S/c1-22-15-11(6-4-8-18-15)14(21)20-16-19-13(9-23-16)10-5-2-3-7-12(10)17/h2-9H,1H3,(H,19,20,21). The zero-order valence-corrected chi connectivity index (χ0v) is 13.7. The van der Waals surface area contributed by atoms with Crippen LogP contribution in [-0.2, 0) is 0 Å². The lowest BCUT2D eigenvalue weighted by Gasteiger charge is -2.05. The molecule has 0 aliphatic heterocycles. The Balaban J connectivity index is 1.82. The number of thiazole rings is 1. The van der Waals surface area contributed by atoms with Crippen molar-refractivity contribution in [1.29, 1.82) is 0 Å². The summed E-state index contributed by atoms with van der Waals surface area (Å²) >= 11 is 7.49. The molecule has 1 aromatic carbocycles. The van der Waals surface area contributed by atoms with Gasteiger partial charge in [0.2, 0.25) is 5.88 Å². The Kier molecular flexibility index (Phi) is 4.55. The summed E-state index contributed by atoms with van der Waals surface area (Å²) in [5, 5.41) is 5.69. The van der Waals surface area contributed by atoms with Crippen molar-refractivity contribution in [3.8, 4) is 17.1 Å². The van der Waals surface area contributed by atoms with E-state index in [0.717, 1.165) is 5.56 Å². The Morgan fingerprint density at radius 3 is 2.87 bits per heavy atom. The molecule has 0 saturated carbocycles. The van der Waals surface area contributed by atoms with Gasteiger partial charge in [-0.2, -0.15) is 0 Å². The molecule has 0 fully saturated rings. The zero-order chi connectivity index (χ0) is 16.2. The van der Waals surface area contributed by atoms with E-state index in [1.54, 1.807) is 24.4 Å². The summed E-state index contributed by atoms with van der Waals surface area (Å²) in [6.07, 6.45) is 1.56. The molecule has 3 rings (SSSR count). The van der Waals surface area contributed by atoms with Crippen LogP contribution in [0.25, 0.3) is 11.3 Å². The lowest BCUT2D eigenvalue weighted by molar-refractivity contribution is 0.102. The number of nitrogens with one attached hydrogen (secondary N) is 1. The molecule has 1 amide bonds. The third kappa shape index (κ3) is 3.33. The van der Waals surface area contributed by atoms with Gasteiger partial charge >= 0.3 is 0 Å². The number of ether oxygens (including phenoxy) is 1. The van der Waals surface area contributed by atoms with Crippen molar-refractivity contribution >= 4 is 34.0 Å². The molecule has 0 atom stereocenters. The van der Waals surface area contributed by atoms with Crippen molar-refractivity contribution in [2.45, 2.75) is 0 Å². The molecule has 5 nitrogen and oxygen atoms in total. The summed E-state index contributed by atoms with van der Waals surface area (Å²) in [6, 6.07) is 10.7. The summed E-state index contributed by atoms with van der Waals surface area (Å²) in [4.78, 5) is 20.7. The van der Waals surface area contributed by atoms with E-state index in [-0.39, 0.29) is 11.8 Å². The first-order valence-corrected chi connectivity index (χ1v) is 7.95. The number of amides is 1. The third-order valence-electron chi connectivity index (χ3n) is 3.08. The average Bonchev–Trinajstić information content (AvgIpc) is 3.03. The molecule has 0 aliphatic carbocycles. The normalized spacial score (nSPS) is 10.3. The third-order valence-corrected chi connectivity index (χ3v) is 4.17. The largest absolute Gasteiger partial charge is 0.480 e. The van der Waals surface area contributed by atoms with Crippen LogP contribution in [0.15, 0.2) is 48.0 Å². The molecule has 7 heteroatoms. The lowest BCUT2D eigenvalue weighted by atomic mass is 10.2. The van der Waals surface area contributed by atoms with Crippen LogP contribution in [0.1, 0.15) is 10.4 Å². The Labute approximate surface area is 141 Å². The number of halogens is 1. The molecule has 2 heterocycles. The first kappa shape index (κ1) is 15.5. The maximum absolute atomic E-state index is 12.3. The van der Waals surface area contributed by atoms with Crippen molar-refractivity contribution in [3.05, 3.63) is 58.6 Å². The van der Waals surface area contributed by atoms with Crippen molar-refractivity contribution in [2.24, 2.45) is 0 Å². The van der Waals surface area contributed by atoms with E-state index < -0.39 is 0 Å². The van der Waals surface area contributed by atoms with Gasteiger partial charge in [0.1, 0.15) is 5.56 Å². The Hall–Kier alpha value is -2.44. The maximum Gasteiger partial charge on any atom is 0.262 e. The summed E-state index contributed by atoms with van der Waals surface area (Å²) in [5.41, 5.74) is 1.89. The minimum Gasteiger partial charge on any atom is -0.480 e. The molecule has 0 spiro atoms. The fourth-order valence-corrected chi connectivity index (χ4v) is 2.95. The highest BCUT2D eigenvalue weighted by Crippen LogP contribution is 2.30. The number of pyridine rings is 1. The summed E-state index contributed by atoms with van der Waals surface area (Å²) in [5.74, 6) is -0.0529. The summed E-state index contributed by atoms with van der Waals surface area (Å²) in [6.45, 7) is 0. The predicted molar refractivity (Wildman–Crippen MR) is 91.3 cm³/mol. The number of nitrogens with zero attached hydrogens (tertiary/aromatic N) is 2. The van der Waals surface area contributed by atoms with Gasteiger partial charge in [-0.25, -0.2) is 9.97 Å². The van der Waals surface area contributed by atoms with Crippen LogP contribution in [0.2, 0.25) is 5.02 Å². The van der Waals surface area contributed by atoms with Crippen LogP contribution in [0.4, 0.5) is 5.13 Å². The molecule has 0 aliphatic rings. The predicted octanol–water partition coefficient (Wildman–Crippen LogP) is 4.12. The highest BCUT2D eigenvalue weighted by atomic mass is 35.5. The van der Waals surface area contributed by atoms with E-state index in [1.807, 2.05) is 23.6 Å². The van der Waals surface area contributed by atoms with Crippen LogP contribution < -0.4 is 10.1 Å². The number of anilines is 1. The van der Waals surface area contributed by atoms with Crippen molar-refractivity contribution in [1.82, 2.24) is 9.97 Å². The van der Waals surface area contributed by atoms with Gasteiger partial charge in [0.05, 0.1) is 12.8 Å². The van der Waals surface area contributed by atoms with Gasteiger partial charge in [-0.3, -0.25) is 10.1 Å². The van der Waals surface area contributed by atoms with Crippen LogP contribution in [0.3, 0.4) is 0 Å². The van der Waals surface area contributed by atoms with E-state index in [9.17, 15) is 4.79 Å². The van der Waals surface area contributed by atoms with Crippen LogP contribution in [-0.4, -0.2) is 23.0 Å². The maximum atomic E-state index is 12.3. The molecular weight excluding hydrogens is 334 g/mol. The number of rotatable bonds is 4. The number of carbonyl (C=O) groups is 1. The van der Waals surface area contributed by atoms with Gasteiger partial charge in [-0.1, -0.05) is 29.8 Å². The number of hydrogen-bond acceptors (Lipinski definition) is 5. The van der Waals surface area contributed by atoms with Crippen LogP contribution in [0.5, 0.6) is 5.88 Å². The first-order valence-electron chi connectivity index (χ1n) is 6.70. The van der Waals surface area contributed by atoms with Gasteiger partial charge < -0.3 is 4.74 Å². The van der Waals surface area contributed by atoms with E-state index in [2.05, 4.69) is 15.3 Å². The van der Waals surface area contributed by atoms with Gasteiger partial charge in [0, 0.05) is 22.2 Å². The molecule has 3 aromatic rings.